The van der Waals surface area contributed by atoms with E-state index >= 15 is 0 Å². The average Bonchev–Trinajstić information content (AvgIpc) is 2.98. The standard InChI is InChI=1S/C16H32N2O/c1-4-5-14-8-9-18(11-14)12-16-7-6-15(19-16)10-17-13(2)3/h13-17H,4-12H2,1-3H3. The minimum atomic E-state index is 0.446. The Balaban J connectivity index is 1.62. The molecule has 112 valence electrons. The van der Waals surface area contributed by atoms with Crippen LogP contribution >= 0.6 is 0 Å². The highest BCUT2D eigenvalue weighted by molar-refractivity contribution is 4.82. The minimum absolute atomic E-state index is 0.446. The molecule has 3 nitrogen and oxygen atoms in total. The summed E-state index contributed by atoms with van der Waals surface area (Å²) in [5.41, 5.74) is 0. The second-order valence-electron chi connectivity index (χ2n) is 6.72. The van der Waals surface area contributed by atoms with Gasteiger partial charge < -0.3 is 15.0 Å². The molecule has 0 radical (unpaired) electrons. The van der Waals surface area contributed by atoms with Gasteiger partial charge in [0.1, 0.15) is 0 Å². The van der Waals surface area contributed by atoms with Gasteiger partial charge in [0.25, 0.3) is 0 Å². The minimum Gasteiger partial charge on any atom is -0.372 e. The van der Waals surface area contributed by atoms with E-state index in [0.717, 1.165) is 12.5 Å². The molecule has 0 aliphatic carbocycles. The molecular weight excluding hydrogens is 236 g/mol. The first-order chi connectivity index (χ1) is 9.17. The van der Waals surface area contributed by atoms with Crippen molar-refractivity contribution in [2.45, 2.75) is 71.1 Å². The molecule has 2 fully saturated rings. The fourth-order valence-electron chi connectivity index (χ4n) is 3.44. The molecule has 3 atom stereocenters. The van der Waals surface area contributed by atoms with Crippen molar-refractivity contribution in [1.82, 2.24) is 10.2 Å². The number of rotatable bonds is 7. The van der Waals surface area contributed by atoms with Crippen LogP contribution in [0.2, 0.25) is 0 Å². The molecule has 0 bridgehead atoms. The monoisotopic (exact) mass is 268 g/mol. The lowest BCUT2D eigenvalue weighted by Gasteiger charge is -2.21. The Kier molecular flexibility index (Phi) is 6.11. The number of nitrogens with zero attached hydrogens (tertiary/aromatic N) is 1. The van der Waals surface area contributed by atoms with E-state index in [1.807, 2.05) is 0 Å². The predicted molar refractivity (Wildman–Crippen MR) is 80.5 cm³/mol. The van der Waals surface area contributed by atoms with E-state index in [9.17, 15) is 0 Å². The first-order valence-electron chi connectivity index (χ1n) is 8.28. The summed E-state index contributed by atoms with van der Waals surface area (Å²) in [5, 5.41) is 3.49. The van der Waals surface area contributed by atoms with Gasteiger partial charge in [-0.25, -0.2) is 0 Å². The SMILES string of the molecule is CCCC1CCN(CC2CCC(CNC(C)C)O2)C1. The van der Waals surface area contributed by atoms with Gasteiger partial charge in [-0.2, -0.15) is 0 Å². The third-order valence-electron chi connectivity index (χ3n) is 4.48. The topological polar surface area (TPSA) is 24.5 Å². The van der Waals surface area contributed by atoms with E-state index in [1.165, 1.54) is 51.7 Å². The van der Waals surface area contributed by atoms with E-state index < -0.39 is 0 Å². The van der Waals surface area contributed by atoms with E-state index in [1.54, 1.807) is 0 Å². The summed E-state index contributed by atoms with van der Waals surface area (Å²) in [6, 6.07) is 0.566. The van der Waals surface area contributed by atoms with Crippen LogP contribution in [0, 0.1) is 5.92 Å². The maximum atomic E-state index is 6.16. The second kappa shape index (κ2) is 7.61. The molecule has 2 heterocycles. The maximum Gasteiger partial charge on any atom is 0.0707 e. The molecule has 0 aromatic heterocycles. The lowest BCUT2D eigenvalue weighted by Crippen LogP contribution is -2.34. The van der Waals surface area contributed by atoms with E-state index in [-0.39, 0.29) is 0 Å². The highest BCUT2D eigenvalue weighted by atomic mass is 16.5. The number of nitrogens with one attached hydrogen (secondary N) is 1. The van der Waals surface area contributed by atoms with Crippen molar-refractivity contribution in [3.63, 3.8) is 0 Å². The summed E-state index contributed by atoms with van der Waals surface area (Å²) in [7, 11) is 0. The summed E-state index contributed by atoms with van der Waals surface area (Å²) in [4.78, 5) is 2.63. The summed E-state index contributed by atoms with van der Waals surface area (Å²) in [6.07, 6.45) is 7.56. The summed E-state index contributed by atoms with van der Waals surface area (Å²) in [5.74, 6) is 0.949. The first-order valence-corrected chi connectivity index (χ1v) is 8.28. The maximum absolute atomic E-state index is 6.16. The lowest BCUT2D eigenvalue weighted by atomic mass is 10.0. The molecule has 2 saturated heterocycles. The van der Waals surface area contributed by atoms with Gasteiger partial charge in [-0.3, -0.25) is 0 Å². The Bertz CT molecular complexity index is 257. The Labute approximate surface area is 119 Å². The van der Waals surface area contributed by atoms with Crippen LogP contribution in [0.3, 0.4) is 0 Å². The van der Waals surface area contributed by atoms with E-state index in [4.69, 9.17) is 4.74 Å². The van der Waals surface area contributed by atoms with Gasteiger partial charge in [-0.15, -0.1) is 0 Å². The zero-order valence-corrected chi connectivity index (χ0v) is 13.0. The van der Waals surface area contributed by atoms with Gasteiger partial charge in [0, 0.05) is 25.7 Å². The molecule has 0 aromatic carbocycles. The van der Waals surface area contributed by atoms with Crippen LogP contribution in [-0.4, -0.2) is 49.3 Å². The molecule has 1 N–H and O–H groups in total. The molecular formula is C16H32N2O. The third kappa shape index (κ3) is 5.05. The fraction of sp³-hybridized carbons (Fsp3) is 1.00. The van der Waals surface area contributed by atoms with Crippen molar-refractivity contribution in [2.24, 2.45) is 5.92 Å². The molecule has 2 aliphatic heterocycles. The fourth-order valence-corrected chi connectivity index (χ4v) is 3.44. The Morgan fingerprint density at radius 2 is 2.00 bits per heavy atom. The van der Waals surface area contributed by atoms with E-state index in [0.29, 0.717) is 18.2 Å². The predicted octanol–water partition coefficient (Wildman–Crippen LogP) is 2.65. The Morgan fingerprint density at radius 1 is 1.21 bits per heavy atom. The molecule has 3 unspecified atom stereocenters. The average molecular weight is 268 g/mol. The van der Waals surface area contributed by atoms with Crippen LogP contribution < -0.4 is 5.32 Å². The number of hydrogen-bond acceptors (Lipinski definition) is 3. The van der Waals surface area contributed by atoms with Crippen LogP contribution in [0.4, 0.5) is 0 Å². The molecule has 0 saturated carbocycles. The summed E-state index contributed by atoms with van der Waals surface area (Å²) >= 11 is 0. The van der Waals surface area contributed by atoms with Gasteiger partial charge in [-0.05, 0) is 38.1 Å². The van der Waals surface area contributed by atoms with Crippen LogP contribution in [0.1, 0.15) is 52.9 Å². The summed E-state index contributed by atoms with van der Waals surface area (Å²) in [6.45, 7) is 11.5. The van der Waals surface area contributed by atoms with Gasteiger partial charge in [0.15, 0.2) is 0 Å². The third-order valence-corrected chi connectivity index (χ3v) is 4.48. The van der Waals surface area contributed by atoms with Crippen molar-refractivity contribution in [3.8, 4) is 0 Å². The van der Waals surface area contributed by atoms with Gasteiger partial charge >= 0.3 is 0 Å². The van der Waals surface area contributed by atoms with Crippen molar-refractivity contribution in [1.29, 1.82) is 0 Å². The molecule has 2 aliphatic rings. The van der Waals surface area contributed by atoms with E-state index in [2.05, 4.69) is 31.0 Å². The Morgan fingerprint density at radius 3 is 2.74 bits per heavy atom. The number of likely N-dealkylation sites (tertiary alicyclic amines) is 1. The zero-order valence-electron chi connectivity index (χ0n) is 13.0. The largest absolute Gasteiger partial charge is 0.372 e. The van der Waals surface area contributed by atoms with Gasteiger partial charge in [0.05, 0.1) is 12.2 Å². The smallest absolute Gasteiger partial charge is 0.0707 e. The quantitative estimate of drug-likeness (QED) is 0.768. The van der Waals surface area contributed by atoms with Crippen molar-refractivity contribution < 1.29 is 4.74 Å². The summed E-state index contributed by atoms with van der Waals surface area (Å²) < 4.78 is 6.16. The molecule has 19 heavy (non-hydrogen) atoms. The highest BCUT2D eigenvalue weighted by Crippen LogP contribution is 2.25. The van der Waals surface area contributed by atoms with Crippen LogP contribution in [0.5, 0.6) is 0 Å². The lowest BCUT2D eigenvalue weighted by molar-refractivity contribution is 0.0261. The van der Waals surface area contributed by atoms with Crippen molar-refractivity contribution >= 4 is 0 Å². The van der Waals surface area contributed by atoms with Crippen molar-refractivity contribution in [2.75, 3.05) is 26.2 Å². The molecule has 0 aromatic rings. The molecule has 0 spiro atoms. The molecule has 3 heteroatoms. The molecule has 0 amide bonds. The first kappa shape index (κ1) is 15.3. The van der Waals surface area contributed by atoms with Gasteiger partial charge in [0.2, 0.25) is 0 Å². The van der Waals surface area contributed by atoms with Crippen molar-refractivity contribution in [3.05, 3.63) is 0 Å². The number of hydrogen-bond donors (Lipinski definition) is 1. The number of ether oxygens (including phenoxy) is 1. The van der Waals surface area contributed by atoms with Crippen LogP contribution in [0.15, 0.2) is 0 Å². The highest BCUT2D eigenvalue weighted by Gasteiger charge is 2.29. The molecule has 2 rings (SSSR count). The van der Waals surface area contributed by atoms with Gasteiger partial charge in [-0.1, -0.05) is 27.2 Å². The van der Waals surface area contributed by atoms with Crippen LogP contribution in [0.25, 0.3) is 0 Å². The normalized spacial score (nSPS) is 32.5. The van der Waals surface area contributed by atoms with Crippen LogP contribution in [-0.2, 0) is 4.74 Å². The second-order valence-corrected chi connectivity index (χ2v) is 6.72. The Hall–Kier alpha value is -0.120. The zero-order chi connectivity index (χ0) is 13.7.